The van der Waals surface area contributed by atoms with Crippen LogP contribution in [0.1, 0.15) is 5.69 Å². The van der Waals surface area contributed by atoms with Crippen LogP contribution in [0.4, 0.5) is 0 Å². The average Bonchev–Trinajstić information content (AvgIpc) is 2.49. The van der Waals surface area contributed by atoms with Crippen LogP contribution in [0.25, 0.3) is 11.5 Å². The lowest BCUT2D eigenvalue weighted by Gasteiger charge is -1.91. The molecule has 0 spiro atoms. The molecule has 0 amide bonds. The molecule has 4 heteroatoms. The SMILES string of the molecule is Cc1cc(-c2ncccn2)nn1C. The van der Waals surface area contributed by atoms with Crippen molar-refractivity contribution in [1.82, 2.24) is 19.7 Å². The average molecular weight is 174 g/mol. The summed E-state index contributed by atoms with van der Waals surface area (Å²) in [4.78, 5) is 8.23. The molecule has 0 bridgehead atoms. The normalized spacial score (nSPS) is 10.3. The Balaban J connectivity index is 2.48. The van der Waals surface area contributed by atoms with Crippen molar-refractivity contribution in [2.24, 2.45) is 7.05 Å². The van der Waals surface area contributed by atoms with Gasteiger partial charge in [-0.3, -0.25) is 4.68 Å². The number of rotatable bonds is 1. The first-order chi connectivity index (χ1) is 6.27. The van der Waals surface area contributed by atoms with Gasteiger partial charge in [0.15, 0.2) is 5.82 Å². The third-order valence-corrected chi connectivity index (χ3v) is 1.91. The molecule has 4 nitrogen and oxygen atoms in total. The number of aryl methyl sites for hydroxylation is 2. The summed E-state index contributed by atoms with van der Waals surface area (Å²) in [6, 6.07) is 3.76. The Hall–Kier alpha value is -1.71. The summed E-state index contributed by atoms with van der Waals surface area (Å²) in [7, 11) is 1.90. The second-order valence-electron chi connectivity index (χ2n) is 2.87. The molecule has 2 aromatic heterocycles. The van der Waals surface area contributed by atoms with Crippen molar-refractivity contribution in [3.05, 3.63) is 30.2 Å². The molecule has 0 saturated carbocycles. The molecule has 0 aliphatic carbocycles. The van der Waals surface area contributed by atoms with Crippen molar-refractivity contribution in [3.63, 3.8) is 0 Å². The molecule has 0 aliphatic heterocycles. The van der Waals surface area contributed by atoms with Gasteiger partial charge in [-0.25, -0.2) is 9.97 Å². The van der Waals surface area contributed by atoms with Crippen LogP contribution in [0.2, 0.25) is 0 Å². The van der Waals surface area contributed by atoms with Gasteiger partial charge in [0.1, 0.15) is 5.69 Å². The van der Waals surface area contributed by atoms with E-state index in [4.69, 9.17) is 0 Å². The summed E-state index contributed by atoms with van der Waals surface area (Å²) in [5, 5.41) is 4.27. The number of nitrogens with zero attached hydrogens (tertiary/aromatic N) is 4. The fourth-order valence-electron chi connectivity index (χ4n) is 1.10. The van der Waals surface area contributed by atoms with Gasteiger partial charge in [0.2, 0.25) is 0 Å². The second kappa shape index (κ2) is 2.97. The van der Waals surface area contributed by atoms with Crippen LogP contribution in [0.3, 0.4) is 0 Å². The molecular weight excluding hydrogens is 164 g/mol. The first-order valence-electron chi connectivity index (χ1n) is 4.05. The fraction of sp³-hybridized carbons (Fsp3) is 0.222. The molecule has 0 saturated heterocycles. The Bertz CT molecular complexity index is 385. The fourth-order valence-corrected chi connectivity index (χ4v) is 1.10. The minimum absolute atomic E-state index is 0.672. The highest BCUT2D eigenvalue weighted by atomic mass is 15.3. The quantitative estimate of drug-likeness (QED) is 0.652. The zero-order valence-corrected chi connectivity index (χ0v) is 7.60. The van der Waals surface area contributed by atoms with Gasteiger partial charge in [0.05, 0.1) is 0 Å². The molecule has 2 aromatic rings. The van der Waals surface area contributed by atoms with E-state index in [2.05, 4.69) is 15.1 Å². The summed E-state index contributed by atoms with van der Waals surface area (Å²) in [6.45, 7) is 2.00. The summed E-state index contributed by atoms with van der Waals surface area (Å²) < 4.78 is 1.81. The number of aromatic nitrogens is 4. The summed E-state index contributed by atoms with van der Waals surface area (Å²) in [6.07, 6.45) is 3.43. The van der Waals surface area contributed by atoms with E-state index in [9.17, 15) is 0 Å². The highest BCUT2D eigenvalue weighted by Crippen LogP contribution is 2.12. The lowest BCUT2D eigenvalue weighted by atomic mass is 10.3. The second-order valence-corrected chi connectivity index (χ2v) is 2.87. The van der Waals surface area contributed by atoms with E-state index in [0.717, 1.165) is 11.4 Å². The molecule has 13 heavy (non-hydrogen) atoms. The van der Waals surface area contributed by atoms with Crippen LogP contribution < -0.4 is 0 Å². The maximum atomic E-state index is 4.27. The molecule has 0 N–H and O–H groups in total. The van der Waals surface area contributed by atoms with E-state index < -0.39 is 0 Å². The van der Waals surface area contributed by atoms with E-state index >= 15 is 0 Å². The zero-order valence-electron chi connectivity index (χ0n) is 7.60. The predicted octanol–water partition coefficient (Wildman–Crippen LogP) is 1.19. The lowest BCUT2D eigenvalue weighted by Crippen LogP contribution is -1.93. The summed E-state index contributed by atoms with van der Waals surface area (Å²) in [5.41, 5.74) is 1.92. The molecular formula is C9H10N4. The maximum Gasteiger partial charge on any atom is 0.179 e. The molecule has 0 radical (unpaired) electrons. The van der Waals surface area contributed by atoms with Gasteiger partial charge >= 0.3 is 0 Å². The number of hydrogen-bond donors (Lipinski definition) is 0. The summed E-state index contributed by atoms with van der Waals surface area (Å²) >= 11 is 0. The van der Waals surface area contributed by atoms with E-state index in [1.54, 1.807) is 18.5 Å². The Kier molecular flexibility index (Phi) is 1.81. The van der Waals surface area contributed by atoms with Crippen LogP contribution in [0.5, 0.6) is 0 Å². The first kappa shape index (κ1) is 7.91. The molecule has 66 valence electrons. The van der Waals surface area contributed by atoms with Crippen molar-refractivity contribution in [3.8, 4) is 11.5 Å². The Morgan fingerprint density at radius 3 is 2.46 bits per heavy atom. The van der Waals surface area contributed by atoms with Gasteiger partial charge in [0.25, 0.3) is 0 Å². The summed E-state index contributed by atoms with van der Waals surface area (Å²) in [5.74, 6) is 0.672. The van der Waals surface area contributed by atoms with E-state index in [-0.39, 0.29) is 0 Å². The van der Waals surface area contributed by atoms with Crippen LogP contribution in [0.15, 0.2) is 24.5 Å². The first-order valence-corrected chi connectivity index (χ1v) is 4.05. The minimum atomic E-state index is 0.672. The van der Waals surface area contributed by atoms with Gasteiger partial charge in [-0.2, -0.15) is 5.10 Å². The molecule has 2 heterocycles. The minimum Gasteiger partial charge on any atom is -0.272 e. The molecule has 0 aliphatic rings. The molecule has 0 aromatic carbocycles. The Labute approximate surface area is 76.3 Å². The van der Waals surface area contributed by atoms with E-state index in [0.29, 0.717) is 5.82 Å². The third kappa shape index (κ3) is 1.42. The standard InChI is InChI=1S/C9H10N4/c1-7-6-8(12-13(7)2)9-10-4-3-5-11-9/h3-6H,1-2H3. The smallest absolute Gasteiger partial charge is 0.179 e. The molecule has 0 atom stereocenters. The van der Waals surface area contributed by atoms with Crippen LogP contribution in [-0.2, 0) is 7.05 Å². The molecule has 2 rings (SSSR count). The molecule has 0 unspecified atom stereocenters. The topological polar surface area (TPSA) is 43.6 Å². The molecule has 0 fully saturated rings. The maximum absolute atomic E-state index is 4.27. The monoisotopic (exact) mass is 174 g/mol. The Morgan fingerprint density at radius 2 is 1.92 bits per heavy atom. The number of hydrogen-bond acceptors (Lipinski definition) is 3. The van der Waals surface area contributed by atoms with Gasteiger partial charge in [-0.1, -0.05) is 0 Å². The van der Waals surface area contributed by atoms with Gasteiger partial charge < -0.3 is 0 Å². The van der Waals surface area contributed by atoms with E-state index in [1.165, 1.54) is 0 Å². The highest BCUT2D eigenvalue weighted by molar-refractivity contribution is 5.48. The zero-order chi connectivity index (χ0) is 9.26. The van der Waals surface area contributed by atoms with Crippen LogP contribution >= 0.6 is 0 Å². The Morgan fingerprint density at radius 1 is 1.23 bits per heavy atom. The predicted molar refractivity (Wildman–Crippen MR) is 49.0 cm³/mol. The van der Waals surface area contributed by atoms with Crippen molar-refractivity contribution in [1.29, 1.82) is 0 Å². The van der Waals surface area contributed by atoms with Gasteiger partial charge in [-0.15, -0.1) is 0 Å². The van der Waals surface area contributed by atoms with Crippen molar-refractivity contribution in [2.45, 2.75) is 6.92 Å². The van der Waals surface area contributed by atoms with Gasteiger partial charge in [0, 0.05) is 25.1 Å². The van der Waals surface area contributed by atoms with Crippen molar-refractivity contribution >= 4 is 0 Å². The highest BCUT2D eigenvalue weighted by Gasteiger charge is 2.04. The van der Waals surface area contributed by atoms with E-state index in [1.807, 2.05) is 24.7 Å². The largest absolute Gasteiger partial charge is 0.272 e. The van der Waals surface area contributed by atoms with Crippen molar-refractivity contribution < 1.29 is 0 Å². The third-order valence-electron chi connectivity index (χ3n) is 1.91. The van der Waals surface area contributed by atoms with Crippen LogP contribution in [0, 0.1) is 6.92 Å². The van der Waals surface area contributed by atoms with Crippen molar-refractivity contribution in [2.75, 3.05) is 0 Å². The van der Waals surface area contributed by atoms with Crippen LogP contribution in [-0.4, -0.2) is 19.7 Å². The van der Waals surface area contributed by atoms with Gasteiger partial charge in [-0.05, 0) is 19.1 Å². The lowest BCUT2D eigenvalue weighted by molar-refractivity contribution is 0.741.